The Kier molecular flexibility index (Phi) is 4.53. The first-order valence-electron chi connectivity index (χ1n) is 7.99. The zero-order valence-electron chi connectivity index (χ0n) is 14.2. The zero-order valence-corrected chi connectivity index (χ0v) is 14.2. The Morgan fingerprint density at radius 1 is 0.885 bits per heavy atom. The molecule has 0 bridgehead atoms. The Morgan fingerprint density at radius 2 is 1.38 bits per heavy atom. The van der Waals surface area contributed by atoms with E-state index in [0.29, 0.717) is 10.6 Å². The number of imide groups is 1. The van der Waals surface area contributed by atoms with Crippen LogP contribution in [0.2, 0.25) is 0 Å². The molecule has 0 saturated heterocycles. The molecule has 0 unspecified atom stereocenters. The van der Waals surface area contributed by atoms with Crippen molar-refractivity contribution >= 4 is 23.7 Å². The molecule has 0 atom stereocenters. The summed E-state index contributed by atoms with van der Waals surface area (Å²) < 4.78 is 0. The average molecular weight is 352 g/mol. The molecule has 7 heteroatoms. The van der Waals surface area contributed by atoms with Crippen LogP contribution in [0.1, 0.15) is 55.3 Å². The van der Waals surface area contributed by atoms with Crippen molar-refractivity contribution < 1.29 is 24.0 Å². The van der Waals surface area contributed by atoms with Crippen molar-refractivity contribution in [3.8, 4) is 0 Å². The summed E-state index contributed by atoms with van der Waals surface area (Å²) in [6, 6.07) is 11.9. The molecule has 26 heavy (non-hydrogen) atoms. The first-order chi connectivity index (χ1) is 12.4. The first kappa shape index (κ1) is 17.3. The minimum atomic E-state index is -0.865. The van der Waals surface area contributed by atoms with Gasteiger partial charge in [0.25, 0.3) is 17.7 Å². The fraction of sp³-hybridized carbons (Fsp3) is 0.158. The van der Waals surface area contributed by atoms with E-state index in [1.807, 2.05) is 13.8 Å². The van der Waals surface area contributed by atoms with Gasteiger partial charge in [-0.1, -0.05) is 17.2 Å². The first-order valence-corrected chi connectivity index (χ1v) is 7.99. The molecule has 132 valence electrons. The van der Waals surface area contributed by atoms with Gasteiger partial charge in [0.2, 0.25) is 0 Å². The van der Waals surface area contributed by atoms with Crippen molar-refractivity contribution in [2.75, 3.05) is 0 Å². The van der Waals surface area contributed by atoms with Crippen molar-refractivity contribution in [3.63, 3.8) is 0 Å². The Morgan fingerprint density at radius 3 is 1.88 bits per heavy atom. The highest BCUT2D eigenvalue weighted by Crippen LogP contribution is 2.23. The number of carbonyl (C=O) groups excluding carboxylic acids is 4. The van der Waals surface area contributed by atoms with Gasteiger partial charge in [-0.15, -0.1) is 0 Å². The number of hydrogen-bond acceptors (Lipinski definition) is 5. The third-order valence-electron chi connectivity index (χ3n) is 3.73. The van der Waals surface area contributed by atoms with Gasteiger partial charge in [-0.2, -0.15) is 0 Å². The highest BCUT2D eigenvalue weighted by atomic mass is 16.7. The Hall–Kier alpha value is -3.48. The number of benzene rings is 2. The Bertz CT molecular complexity index is 867. The topological polar surface area (TPSA) is 92.8 Å². The van der Waals surface area contributed by atoms with Crippen molar-refractivity contribution in [2.24, 2.45) is 0 Å². The van der Waals surface area contributed by atoms with Crippen LogP contribution in [0.15, 0.2) is 48.5 Å². The predicted octanol–water partition coefficient (Wildman–Crippen LogP) is 2.19. The highest BCUT2D eigenvalue weighted by Gasteiger charge is 2.38. The van der Waals surface area contributed by atoms with Gasteiger partial charge in [-0.3, -0.25) is 14.4 Å². The molecule has 7 nitrogen and oxygen atoms in total. The monoisotopic (exact) mass is 352 g/mol. The molecule has 1 aliphatic heterocycles. The van der Waals surface area contributed by atoms with Gasteiger partial charge in [-0.25, -0.2) is 4.79 Å². The number of carbonyl (C=O) groups is 4. The lowest BCUT2D eigenvalue weighted by Crippen LogP contribution is -2.32. The van der Waals surface area contributed by atoms with Crippen molar-refractivity contribution in [2.45, 2.75) is 19.9 Å². The lowest BCUT2D eigenvalue weighted by atomic mass is 10.1. The van der Waals surface area contributed by atoms with Crippen LogP contribution >= 0.6 is 0 Å². The lowest BCUT2D eigenvalue weighted by molar-refractivity contribution is -0.0584. The maximum Gasteiger partial charge on any atom is 0.363 e. The molecule has 0 aliphatic carbocycles. The molecule has 2 aromatic carbocycles. The van der Waals surface area contributed by atoms with Crippen LogP contribution in [0.4, 0.5) is 0 Å². The highest BCUT2D eigenvalue weighted by molar-refractivity contribution is 6.21. The average Bonchev–Trinajstić information content (AvgIpc) is 2.86. The molecule has 0 spiro atoms. The molecule has 3 amide bonds. The fourth-order valence-electron chi connectivity index (χ4n) is 2.49. The van der Waals surface area contributed by atoms with E-state index in [2.05, 4.69) is 5.32 Å². The van der Waals surface area contributed by atoms with E-state index >= 15 is 0 Å². The summed E-state index contributed by atoms with van der Waals surface area (Å²) in [4.78, 5) is 53.5. The normalized spacial score (nSPS) is 13.0. The minimum Gasteiger partial charge on any atom is -0.350 e. The maximum absolute atomic E-state index is 12.2. The maximum atomic E-state index is 12.2. The van der Waals surface area contributed by atoms with E-state index in [9.17, 15) is 19.2 Å². The van der Waals surface area contributed by atoms with Gasteiger partial charge in [0, 0.05) is 11.6 Å². The lowest BCUT2D eigenvalue weighted by Gasteiger charge is -2.13. The van der Waals surface area contributed by atoms with Gasteiger partial charge in [0.1, 0.15) is 0 Å². The molecule has 1 aliphatic rings. The van der Waals surface area contributed by atoms with E-state index in [0.717, 1.165) is 0 Å². The number of nitrogens with one attached hydrogen (secondary N) is 1. The van der Waals surface area contributed by atoms with Gasteiger partial charge >= 0.3 is 5.97 Å². The summed E-state index contributed by atoms with van der Waals surface area (Å²) in [5.41, 5.74) is 0.871. The van der Waals surface area contributed by atoms with E-state index in [1.54, 1.807) is 12.1 Å². The van der Waals surface area contributed by atoms with Crippen LogP contribution in [0.25, 0.3) is 0 Å². The summed E-state index contributed by atoms with van der Waals surface area (Å²) in [5.74, 6) is -2.51. The molecule has 1 N–H and O–H groups in total. The standard InChI is InChI=1S/C19H16N2O5/c1-11(2)20-16(22)12-7-9-13(10-8-12)19(25)26-21-17(23)14-5-3-4-6-15(14)18(21)24/h3-11H,1-2H3,(H,20,22). The summed E-state index contributed by atoms with van der Waals surface area (Å²) in [7, 11) is 0. The molecule has 0 radical (unpaired) electrons. The second-order valence-electron chi connectivity index (χ2n) is 6.03. The second kappa shape index (κ2) is 6.79. The van der Waals surface area contributed by atoms with Gasteiger partial charge < -0.3 is 10.2 Å². The van der Waals surface area contributed by atoms with Crippen LogP contribution in [0, 0.1) is 0 Å². The molecular formula is C19H16N2O5. The van der Waals surface area contributed by atoms with Crippen LogP contribution in [0.3, 0.4) is 0 Å². The summed E-state index contributed by atoms with van der Waals surface area (Å²) in [5, 5.41) is 3.19. The molecule has 2 aromatic rings. The van der Waals surface area contributed by atoms with Crippen LogP contribution in [-0.4, -0.2) is 34.8 Å². The number of rotatable bonds is 4. The smallest absolute Gasteiger partial charge is 0.350 e. The molecule has 1 heterocycles. The second-order valence-corrected chi connectivity index (χ2v) is 6.03. The van der Waals surface area contributed by atoms with Crippen LogP contribution in [0.5, 0.6) is 0 Å². The van der Waals surface area contributed by atoms with Gasteiger partial charge in [0.15, 0.2) is 0 Å². The van der Waals surface area contributed by atoms with Crippen molar-refractivity contribution in [3.05, 3.63) is 70.8 Å². The van der Waals surface area contributed by atoms with E-state index in [1.165, 1.54) is 36.4 Å². The summed E-state index contributed by atoms with van der Waals surface area (Å²) in [6.07, 6.45) is 0. The summed E-state index contributed by atoms with van der Waals surface area (Å²) in [6.45, 7) is 3.68. The molecular weight excluding hydrogens is 336 g/mol. The minimum absolute atomic E-state index is 0.0130. The molecule has 0 fully saturated rings. The largest absolute Gasteiger partial charge is 0.363 e. The van der Waals surface area contributed by atoms with E-state index in [4.69, 9.17) is 4.84 Å². The number of hydrogen-bond donors (Lipinski definition) is 1. The van der Waals surface area contributed by atoms with E-state index in [-0.39, 0.29) is 28.6 Å². The number of amides is 3. The number of fused-ring (bicyclic) bond motifs is 1. The Labute approximate surface area is 149 Å². The fourth-order valence-corrected chi connectivity index (χ4v) is 2.49. The summed E-state index contributed by atoms with van der Waals surface area (Å²) >= 11 is 0. The van der Waals surface area contributed by atoms with Crippen LogP contribution < -0.4 is 5.32 Å². The van der Waals surface area contributed by atoms with Gasteiger partial charge in [0.05, 0.1) is 16.7 Å². The van der Waals surface area contributed by atoms with Crippen molar-refractivity contribution in [1.82, 2.24) is 10.4 Å². The zero-order chi connectivity index (χ0) is 18.8. The molecule has 0 aromatic heterocycles. The quantitative estimate of drug-likeness (QED) is 0.852. The van der Waals surface area contributed by atoms with Gasteiger partial charge in [-0.05, 0) is 50.2 Å². The predicted molar refractivity (Wildman–Crippen MR) is 91.4 cm³/mol. The molecule has 0 saturated carbocycles. The number of hydroxylamine groups is 2. The SMILES string of the molecule is CC(C)NC(=O)c1ccc(C(=O)ON2C(=O)c3ccccc3C2=O)cc1. The molecule has 3 rings (SSSR count). The number of nitrogens with zero attached hydrogens (tertiary/aromatic N) is 1. The third kappa shape index (κ3) is 3.19. The van der Waals surface area contributed by atoms with Crippen molar-refractivity contribution in [1.29, 1.82) is 0 Å². The third-order valence-corrected chi connectivity index (χ3v) is 3.73. The van der Waals surface area contributed by atoms with E-state index < -0.39 is 17.8 Å². The van der Waals surface area contributed by atoms with Crippen LogP contribution in [-0.2, 0) is 4.84 Å². The Balaban J connectivity index is 1.72.